The Balaban J connectivity index is 2.00. The molecule has 0 atom stereocenters. The number of nitrogens with one attached hydrogen (secondary N) is 1. The molecule has 8 heteroatoms. The van der Waals surface area contributed by atoms with Crippen LogP contribution in [0.4, 0.5) is 11.5 Å². The Kier molecular flexibility index (Phi) is 3.65. The number of benzene rings is 1. The van der Waals surface area contributed by atoms with Gasteiger partial charge in [-0.05, 0) is 19.1 Å². The Morgan fingerprint density at radius 3 is 2.65 bits per heavy atom. The highest BCUT2D eigenvalue weighted by atomic mass is 16.6. The summed E-state index contributed by atoms with van der Waals surface area (Å²) >= 11 is 0. The quantitative estimate of drug-likeness (QED) is 0.380. The van der Waals surface area contributed by atoms with Crippen molar-refractivity contribution in [2.45, 2.75) is 6.92 Å². The number of hydrogen-bond donors (Lipinski definition) is 2. The van der Waals surface area contributed by atoms with Gasteiger partial charge in [0.2, 0.25) is 0 Å². The second-order valence-electron chi connectivity index (χ2n) is 4.11. The molecule has 0 saturated carbocycles. The van der Waals surface area contributed by atoms with E-state index in [9.17, 15) is 10.1 Å². The second kappa shape index (κ2) is 5.39. The molecule has 2 rings (SSSR count). The van der Waals surface area contributed by atoms with E-state index >= 15 is 0 Å². The summed E-state index contributed by atoms with van der Waals surface area (Å²) in [7, 11) is 0. The van der Waals surface area contributed by atoms with Gasteiger partial charge in [0, 0.05) is 18.2 Å². The molecule has 0 saturated heterocycles. The van der Waals surface area contributed by atoms with Crippen molar-refractivity contribution in [2.75, 3.05) is 12.3 Å². The van der Waals surface area contributed by atoms with E-state index in [0.717, 1.165) is 0 Å². The van der Waals surface area contributed by atoms with E-state index in [1.54, 1.807) is 13.0 Å². The molecular weight excluding hydrogens is 262 g/mol. The van der Waals surface area contributed by atoms with Gasteiger partial charge in [0.05, 0.1) is 10.6 Å². The van der Waals surface area contributed by atoms with Crippen LogP contribution in [0.1, 0.15) is 5.69 Å². The van der Waals surface area contributed by atoms with Gasteiger partial charge < -0.3 is 10.5 Å². The fraction of sp³-hybridized carbons (Fsp3) is 0.167. The van der Waals surface area contributed by atoms with Crippen LogP contribution >= 0.6 is 0 Å². The lowest BCUT2D eigenvalue weighted by molar-refractivity contribution is -0.384. The van der Waals surface area contributed by atoms with Gasteiger partial charge >= 0.3 is 0 Å². The highest BCUT2D eigenvalue weighted by Gasteiger charge is 2.09. The Hall–Kier alpha value is -2.90. The lowest BCUT2D eigenvalue weighted by Gasteiger charge is -2.08. The monoisotopic (exact) mass is 275 g/mol. The number of nitrogens with two attached hydrogens (primary N) is 1. The fourth-order valence-corrected chi connectivity index (χ4v) is 1.61. The number of nitrogen functional groups attached to an aromatic ring is 1. The average molecular weight is 275 g/mol. The first-order valence-electron chi connectivity index (χ1n) is 5.74. The van der Waals surface area contributed by atoms with Crippen LogP contribution in [-0.4, -0.2) is 27.1 Å². The molecule has 0 spiro atoms. The molecular formula is C12H13N5O3. The van der Waals surface area contributed by atoms with Gasteiger partial charge in [-0.3, -0.25) is 15.5 Å². The number of non-ortho nitro benzene ring substituents is 1. The Morgan fingerprint density at radius 2 is 2.15 bits per heavy atom. The van der Waals surface area contributed by atoms with Crippen molar-refractivity contribution >= 4 is 17.3 Å². The van der Waals surface area contributed by atoms with Crippen LogP contribution in [0.3, 0.4) is 0 Å². The van der Waals surface area contributed by atoms with Crippen LogP contribution in [-0.2, 0) is 0 Å². The number of ether oxygens (including phenoxy) is 1. The number of anilines is 1. The minimum absolute atomic E-state index is 0.0145. The lowest BCUT2D eigenvalue weighted by atomic mass is 10.3. The van der Waals surface area contributed by atoms with Crippen LogP contribution < -0.4 is 10.5 Å². The Labute approximate surface area is 114 Å². The summed E-state index contributed by atoms with van der Waals surface area (Å²) in [6.07, 6.45) is 0. The molecule has 104 valence electrons. The third-order valence-corrected chi connectivity index (χ3v) is 2.54. The van der Waals surface area contributed by atoms with E-state index in [-0.39, 0.29) is 18.1 Å². The number of aromatic nitrogens is 2. The largest absolute Gasteiger partial charge is 0.486 e. The predicted octanol–water partition coefficient (Wildman–Crippen LogP) is 1.59. The molecule has 0 unspecified atom stereocenters. The molecule has 0 fully saturated rings. The molecule has 0 aliphatic rings. The van der Waals surface area contributed by atoms with E-state index < -0.39 is 4.92 Å². The van der Waals surface area contributed by atoms with Crippen molar-refractivity contribution < 1.29 is 9.66 Å². The summed E-state index contributed by atoms with van der Waals surface area (Å²) < 4.78 is 6.64. The molecule has 0 amide bonds. The van der Waals surface area contributed by atoms with E-state index in [4.69, 9.17) is 15.9 Å². The summed E-state index contributed by atoms with van der Waals surface area (Å²) in [5.41, 5.74) is 6.39. The maximum Gasteiger partial charge on any atom is 0.269 e. The van der Waals surface area contributed by atoms with Gasteiger partial charge in [0.15, 0.2) is 5.84 Å². The van der Waals surface area contributed by atoms with Crippen LogP contribution in [0.25, 0.3) is 0 Å². The van der Waals surface area contributed by atoms with Crippen molar-refractivity contribution in [3.8, 4) is 5.75 Å². The van der Waals surface area contributed by atoms with Crippen molar-refractivity contribution in [3.63, 3.8) is 0 Å². The molecule has 0 radical (unpaired) electrons. The molecule has 20 heavy (non-hydrogen) atoms. The second-order valence-corrected chi connectivity index (χ2v) is 4.11. The zero-order chi connectivity index (χ0) is 14.7. The minimum Gasteiger partial charge on any atom is -0.486 e. The van der Waals surface area contributed by atoms with Gasteiger partial charge in [-0.1, -0.05) is 0 Å². The number of aryl methyl sites for hydroxylation is 1. The minimum atomic E-state index is -0.487. The highest BCUT2D eigenvalue weighted by molar-refractivity contribution is 5.84. The number of nitro benzene ring substituents is 1. The van der Waals surface area contributed by atoms with Crippen molar-refractivity contribution in [3.05, 3.63) is 46.1 Å². The number of nitrogens with zero attached hydrogens (tertiary/aromatic N) is 3. The van der Waals surface area contributed by atoms with E-state index in [1.165, 1.54) is 28.9 Å². The number of hydrogen-bond acceptors (Lipinski definition) is 6. The highest BCUT2D eigenvalue weighted by Crippen LogP contribution is 2.17. The lowest BCUT2D eigenvalue weighted by Crippen LogP contribution is -2.22. The average Bonchev–Trinajstić information content (AvgIpc) is 2.75. The summed E-state index contributed by atoms with van der Waals surface area (Å²) in [5, 5.41) is 22.4. The number of nitro groups is 1. The van der Waals surface area contributed by atoms with Gasteiger partial charge in [-0.2, -0.15) is 5.10 Å². The summed E-state index contributed by atoms with van der Waals surface area (Å²) in [6.45, 7) is 1.74. The standard InChI is InChI=1S/C12H13N5O3/c1-8-6-11(13)16(15-8)12(14)7-20-10-4-2-9(3-5-10)17(18)19/h2-6,14H,7,13H2,1H3. The van der Waals surface area contributed by atoms with Crippen LogP contribution in [0.5, 0.6) is 5.75 Å². The maximum absolute atomic E-state index is 10.5. The maximum atomic E-state index is 10.5. The normalized spacial score (nSPS) is 10.2. The Bertz CT molecular complexity index is 648. The Morgan fingerprint density at radius 1 is 1.50 bits per heavy atom. The molecule has 0 aliphatic heterocycles. The van der Waals surface area contributed by atoms with Gasteiger partial charge in [0.1, 0.15) is 18.2 Å². The number of rotatable bonds is 4. The van der Waals surface area contributed by atoms with Gasteiger partial charge in [-0.15, -0.1) is 0 Å². The third kappa shape index (κ3) is 2.91. The van der Waals surface area contributed by atoms with Crippen molar-refractivity contribution in [1.82, 2.24) is 9.78 Å². The molecule has 1 aromatic heterocycles. The summed E-state index contributed by atoms with van der Waals surface area (Å²) in [5.74, 6) is 0.872. The topological polar surface area (TPSA) is 120 Å². The molecule has 1 heterocycles. The molecule has 1 aromatic carbocycles. The molecule has 3 N–H and O–H groups in total. The predicted molar refractivity (Wildman–Crippen MR) is 73.1 cm³/mol. The van der Waals surface area contributed by atoms with E-state index in [1.807, 2.05) is 0 Å². The first-order valence-corrected chi connectivity index (χ1v) is 5.74. The molecule has 8 nitrogen and oxygen atoms in total. The summed E-state index contributed by atoms with van der Waals surface area (Å²) in [6, 6.07) is 7.28. The molecule has 2 aromatic rings. The molecule has 0 bridgehead atoms. The van der Waals surface area contributed by atoms with Crippen LogP contribution in [0.15, 0.2) is 30.3 Å². The SMILES string of the molecule is Cc1cc(N)n(C(=N)COc2ccc([N+](=O)[O-])cc2)n1. The summed E-state index contributed by atoms with van der Waals surface area (Å²) in [4.78, 5) is 10.0. The van der Waals surface area contributed by atoms with Crippen LogP contribution in [0, 0.1) is 22.4 Å². The van der Waals surface area contributed by atoms with Crippen molar-refractivity contribution in [2.24, 2.45) is 0 Å². The third-order valence-electron chi connectivity index (χ3n) is 2.54. The van der Waals surface area contributed by atoms with Gasteiger partial charge in [-0.25, -0.2) is 4.68 Å². The zero-order valence-corrected chi connectivity index (χ0v) is 10.7. The van der Waals surface area contributed by atoms with E-state index in [0.29, 0.717) is 17.3 Å². The molecule has 0 aliphatic carbocycles. The van der Waals surface area contributed by atoms with Crippen molar-refractivity contribution in [1.29, 1.82) is 5.41 Å². The fourth-order valence-electron chi connectivity index (χ4n) is 1.61. The zero-order valence-electron chi connectivity index (χ0n) is 10.7. The van der Waals surface area contributed by atoms with Crippen LogP contribution in [0.2, 0.25) is 0 Å². The smallest absolute Gasteiger partial charge is 0.269 e. The van der Waals surface area contributed by atoms with Gasteiger partial charge in [0.25, 0.3) is 5.69 Å². The van der Waals surface area contributed by atoms with E-state index in [2.05, 4.69) is 5.10 Å². The first-order chi connectivity index (χ1) is 9.47. The first kappa shape index (κ1) is 13.5.